The number of carbonyl (C=O) groups is 1. The molecule has 0 aliphatic carbocycles. The summed E-state index contributed by atoms with van der Waals surface area (Å²) < 4.78 is 12.8. The number of anilines is 1. The van der Waals surface area contributed by atoms with Crippen molar-refractivity contribution in [2.24, 2.45) is 0 Å². The van der Waals surface area contributed by atoms with Gasteiger partial charge in [-0.3, -0.25) is 14.6 Å². The van der Waals surface area contributed by atoms with Gasteiger partial charge in [0.15, 0.2) is 0 Å². The van der Waals surface area contributed by atoms with Crippen molar-refractivity contribution in [3.8, 4) is 17.2 Å². The van der Waals surface area contributed by atoms with Crippen molar-refractivity contribution in [2.75, 3.05) is 45.2 Å². The van der Waals surface area contributed by atoms with Crippen molar-refractivity contribution in [1.29, 1.82) is 0 Å². The molecule has 2 heterocycles. The number of benzene rings is 2. The highest BCUT2D eigenvalue weighted by molar-refractivity contribution is 7.71. The summed E-state index contributed by atoms with van der Waals surface area (Å²) in [4.78, 5) is 17.3. The second-order valence-electron chi connectivity index (χ2n) is 8.22. The lowest BCUT2D eigenvalue weighted by molar-refractivity contribution is -0.117. The number of aromatic nitrogens is 2. The maximum Gasteiger partial charge on any atom is 0.288 e. The zero-order valence-electron chi connectivity index (χ0n) is 19.2. The fourth-order valence-corrected chi connectivity index (χ4v) is 4.18. The Morgan fingerprint density at radius 2 is 1.73 bits per heavy atom. The van der Waals surface area contributed by atoms with E-state index in [9.17, 15) is 4.79 Å². The van der Waals surface area contributed by atoms with E-state index < -0.39 is 0 Å². The molecule has 2 aromatic carbocycles. The van der Waals surface area contributed by atoms with Crippen molar-refractivity contribution >= 4 is 23.8 Å². The molecule has 8 nitrogen and oxygen atoms in total. The third-order valence-electron chi connectivity index (χ3n) is 5.86. The van der Waals surface area contributed by atoms with Crippen LogP contribution in [0.5, 0.6) is 5.75 Å². The van der Waals surface area contributed by atoms with E-state index in [0.717, 1.165) is 48.6 Å². The highest BCUT2D eigenvalue weighted by Crippen LogP contribution is 2.28. The second kappa shape index (κ2) is 10.3. The van der Waals surface area contributed by atoms with E-state index in [1.165, 1.54) is 0 Å². The number of amides is 1. The highest BCUT2D eigenvalue weighted by atomic mass is 32.1. The van der Waals surface area contributed by atoms with E-state index in [-0.39, 0.29) is 5.91 Å². The van der Waals surface area contributed by atoms with Gasteiger partial charge in [-0.1, -0.05) is 30.3 Å². The van der Waals surface area contributed by atoms with E-state index in [1.54, 1.807) is 11.8 Å². The summed E-state index contributed by atoms with van der Waals surface area (Å²) >= 11 is 5.39. The molecule has 0 spiro atoms. The molecule has 1 aliphatic heterocycles. The summed E-state index contributed by atoms with van der Waals surface area (Å²) in [5.74, 6) is 1.15. The standard InChI is InChI=1S/C24H29N5O3S/c1-17-7-6-8-18(2)22(17)25-21(30)15-27-11-13-28(14-12-27)16-29-24(33)32-23(26-29)19-9-4-5-10-20(19)31-3/h4-10H,11-16H2,1-3H3,(H,25,30). The van der Waals surface area contributed by atoms with Crippen LogP contribution in [0.1, 0.15) is 11.1 Å². The molecular weight excluding hydrogens is 438 g/mol. The normalized spacial score (nSPS) is 14.9. The summed E-state index contributed by atoms with van der Waals surface area (Å²) in [6, 6.07) is 13.6. The monoisotopic (exact) mass is 467 g/mol. The topological polar surface area (TPSA) is 75.8 Å². The molecule has 9 heteroatoms. The average Bonchev–Trinajstić information content (AvgIpc) is 3.17. The van der Waals surface area contributed by atoms with Gasteiger partial charge in [0.05, 0.1) is 25.9 Å². The van der Waals surface area contributed by atoms with Gasteiger partial charge >= 0.3 is 0 Å². The van der Waals surface area contributed by atoms with Crippen LogP contribution in [0, 0.1) is 18.7 Å². The SMILES string of the molecule is COc1ccccc1-c1nn(CN2CCN(CC(=O)Nc3c(C)cccc3C)CC2)c(=S)o1. The molecule has 4 rings (SSSR count). The fraction of sp³-hybridized carbons (Fsp3) is 0.375. The summed E-state index contributed by atoms with van der Waals surface area (Å²) in [6.07, 6.45) is 0. The first kappa shape index (κ1) is 23.2. The molecule has 1 fully saturated rings. The van der Waals surface area contributed by atoms with Gasteiger partial charge in [-0.25, -0.2) is 4.68 Å². The number of nitrogens with zero attached hydrogens (tertiary/aromatic N) is 4. The number of para-hydroxylation sites is 2. The Morgan fingerprint density at radius 3 is 2.42 bits per heavy atom. The third-order valence-corrected chi connectivity index (χ3v) is 6.15. The number of piperazine rings is 1. The van der Waals surface area contributed by atoms with Crippen LogP contribution in [0.15, 0.2) is 46.9 Å². The fourth-order valence-electron chi connectivity index (χ4n) is 4.00. The molecule has 1 saturated heterocycles. The van der Waals surface area contributed by atoms with Gasteiger partial charge in [-0.05, 0) is 49.3 Å². The van der Waals surface area contributed by atoms with E-state index in [0.29, 0.717) is 29.7 Å². The van der Waals surface area contributed by atoms with E-state index in [2.05, 4.69) is 20.2 Å². The molecule has 174 valence electrons. The molecule has 1 aliphatic rings. The molecular formula is C24H29N5O3S. The van der Waals surface area contributed by atoms with Crippen LogP contribution in [-0.4, -0.2) is 65.3 Å². The minimum Gasteiger partial charge on any atom is -0.496 e. The molecule has 0 atom stereocenters. The Labute approximate surface area is 198 Å². The van der Waals surface area contributed by atoms with Crippen molar-refractivity contribution in [1.82, 2.24) is 19.6 Å². The molecule has 1 amide bonds. The largest absolute Gasteiger partial charge is 0.496 e. The van der Waals surface area contributed by atoms with Crippen molar-refractivity contribution < 1.29 is 13.9 Å². The predicted octanol–water partition coefficient (Wildman–Crippen LogP) is 3.71. The number of hydrogen-bond donors (Lipinski definition) is 1. The Bertz CT molecular complexity index is 1160. The quantitative estimate of drug-likeness (QED) is 0.531. The first-order valence-electron chi connectivity index (χ1n) is 11.0. The number of hydrogen-bond acceptors (Lipinski definition) is 7. The van der Waals surface area contributed by atoms with Crippen LogP contribution < -0.4 is 10.1 Å². The number of methoxy groups -OCH3 is 1. The molecule has 1 aromatic heterocycles. The van der Waals surface area contributed by atoms with Gasteiger partial charge in [0.2, 0.25) is 5.91 Å². The smallest absolute Gasteiger partial charge is 0.288 e. The highest BCUT2D eigenvalue weighted by Gasteiger charge is 2.21. The first-order valence-corrected chi connectivity index (χ1v) is 11.4. The van der Waals surface area contributed by atoms with E-state index in [4.69, 9.17) is 21.4 Å². The lowest BCUT2D eigenvalue weighted by Gasteiger charge is -2.33. The molecule has 0 bridgehead atoms. The zero-order valence-corrected chi connectivity index (χ0v) is 20.0. The summed E-state index contributed by atoms with van der Waals surface area (Å²) in [7, 11) is 1.62. The van der Waals surface area contributed by atoms with Crippen molar-refractivity contribution in [2.45, 2.75) is 20.5 Å². The number of ether oxygens (including phenoxy) is 1. The van der Waals surface area contributed by atoms with Gasteiger partial charge < -0.3 is 14.5 Å². The molecule has 0 radical (unpaired) electrons. The molecule has 33 heavy (non-hydrogen) atoms. The molecule has 0 unspecified atom stereocenters. The Kier molecular flexibility index (Phi) is 7.22. The first-order chi connectivity index (χ1) is 15.9. The summed E-state index contributed by atoms with van der Waals surface area (Å²) in [6.45, 7) is 8.16. The van der Waals surface area contributed by atoms with Gasteiger partial charge in [0, 0.05) is 31.9 Å². The number of nitrogens with one attached hydrogen (secondary N) is 1. The minimum atomic E-state index is 0.0148. The Hall–Kier alpha value is -3.01. The number of rotatable bonds is 7. The van der Waals surface area contributed by atoms with Gasteiger partial charge in [0.1, 0.15) is 5.75 Å². The molecule has 3 aromatic rings. The predicted molar refractivity (Wildman–Crippen MR) is 130 cm³/mol. The Morgan fingerprint density at radius 1 is 1.06 bits per heavy atom. The minimum absolute atomic E-state index is 0.0148. The van der Waals surface area contributed by atoms with Crippen molar-refractivity contribution in [3.63, 3.8) is 0 Å². The Balaban J connectivity index is 1.31. The molecule has 0 saturated carbocycles. The summed E-state index contributed by atoms with van der Waals surface area (Å²) in [5.41, 5.74) is 3.83. The second-order valence-corrected chi connectivity index (χ2v) is 8.57. The van der Waals surface area contributed by atoms with E-state index in [1.807, 2.05) is 56.3 Å². The third kappa shape index (κ3) is 5.50. The van der Waals surface area contributed by atoms with Gasteiger partial charge in [0.25, 0.3) is 10.7 Å². The van der Waals surface area contributed by atoms with Crippen LogP contribution in [0.4, 0.5) is 5.69 Å². The maximum atomic E-state index is 12.6. The lowest BCUT2D eigenvalue weighted by Crippen LogP contribution is -2.49. The van der Waals surface area contributed by atoms with Crippen LogP contribution >= 0.6 is 12.2 Å². The number of aryl methyl sites for hydroxylation is 2. The van der Waals surface area contributed by atoms with Crippen LogP contribution in [0.3, 0.4) is 0 Å². The van der Waals surface area contributed by atoms with Gasteiger partial charge in [-0.2, -0.15) is 0 Å². The van der Waals surface area contributed by atoms with Crippen LogP contribution in [0.25, 0.3) is 11.5 Å². The average molecular weight is 468 g/mol. The van der Waals surface area contributed by atoms with Gasteiger partial charge in [-0.15, -0.1) is 5.10 Å². The lowest BCUT2D eigenvalue weighted by atomic mass is 10.1. The number of carbonyl (C=O) groups excluding carboxylic acids is 1. The van der Waals surface area contributed by atoms with Crippen molar-refractivity contribution in [3.05, 3.63) is 58.4 Å². The molecule has 1 N–H and O–H groups in total. The zero-order chi connectivity index (χ0) is 23.4. The maximum absolute atomic E-state index is 12.6. The van der Waals surface area contributed by atoms with E-state index >= 15 is 0 Å². The van der Waals surface area contributed by atoms with Crippen LogP contribution in [-0.2, 0) is 11.5 Å². The summed E-state index contributed by atoms with van der Waals surface area (Å²) in [5, 5.41) is 7.63. The van der Waals surface area contributed by atoms with Crippen LogP contribution in [0.2, 0.25) is 0 Å².